The number of hydrogen-bond donors (Lipinski definition) is 2. The molecule has 0 aliphatic carbocycles. The Morgan fingerprint density at radius 2 is 2.00 bits per heavy atom. The van der Waals surface area contributed by atoms with E-state index in [1.54, 1.807) is 6.07 Å². The number of H-pyrrole nitrogens is 1. The van der Waals surface area contributed by atoms with Crippen LogP contribution in [0.5, 0.6) is 5.75 Å². The van der Waals surface area contributed by atoms with Gasteiger partial charge in [-0.3, -0.25) is 9.69 Å². The number of pyridine rings is 1. The van der Waals surface area contributed by atoms with Crippen LogP contribution in [0.2, 0.25) is 0 Å². The molecule has 0 atom stereocenters. The summed E-state index contributed by atoms with van der Waals surface area (Å²) < 4.78 is 0. The van der Waals surface area contributed by atoms with Crippen LogP contribution in [-0.2, 0) is 24.9 Å². The van der Waals surface area contributed by atoms with Gasteiger partial charge in [0, 0.05) is 36.9 Å². The molecule has 0 amide bonds. The summed E-state index contributed by atoms with van der Waals surface area (Å²) in [4.78, 5) is 27.0. The van der Waals surface area contributed by atoms with Gasteiger partial charge in [-0.25, -0.2) is 9.97 Å². The highest BCUT2D eigenvalue weighted by atomic mass is 16.3. The molecular formula is C21H24N4O2. The van der Waals surface area contributed by atoms with Crippen LogP contribution in [0.3, 0.4) is 0 Å². The van der Waals surface area contributed by atoms with Crippen molar-refractivity contribution < 1.29 is 5.11 Å². The van der Waals surface area contributed by atoms with E-state index in [-0.39, 0.29) is 16.7 Å². The van der Waals surface area contributed by atoms with Crippen LogP contribution in [-0.4, -0.2) is 31.5 Å². The molecule has 1 aromatic carbocycles. The Hall–Kier alpha value is -2.73. The highest BCUT2D eigenvalue weighted by molar-refractivity contribution is 5.84. The number of aromatic amines is 1. The van der Waals surface area contributed by atoms with Crippen molar-refractivity contribution in [2.45, 2.75) is 45.7 Å². The summed E-state index contributed by atoms with van der Waals surface area (Å²) >= 11 is 0. The molecule has 0 spiro atoms. The van der Waals surface area contributed by atoms with Crippen molar-refractivity contribution in [1.82, 2.24) is 19.9 Å². The third-order valence-electron chi connectivity index (χ3n) is 5.00. The fraction of sp³-hybridized carbons (Fsp3) is 0.381. The Balaban J connectivity index is 1.59. The molecule has 3 heterocycles. The van der Waals surface area contributed by atoms with Gasteiger partial charge in [0.05, 0.1) is 17.0 Å². The van der Waals surface area contributed by atoms with E-state index in [2.05, 4.69) is 14.9 Å². The number of aromatic nitrogens is 3. The number of aromatic hydroxyl groups is 1. The minimum Gasteiger partial charge on any atom is -0.506 e. The first kappa shape index (κ1) is 17.7. The summed E-state index contributed by atoms with van der Waals surface area (Å²) in [6, 6.07) is 9.34. The van der Waals surface area contributed by atoms with Crippen LogP contribution in [0.15, 0.2) is 35.1 Å². The fourth-order valence-electron chi connectivity index (χ4n) is 3.46. The Morgan fingerprint density at radius 1 is 1.19 bits per heavy atom. The lowest BCUT2D eigenvalue weighted by Gasteiger charge is -2.28. The molecule has 6 nitrogen and oxygen atoms in total. The monoisotopic (exact) mass is 364 g/mol. The largest absolute Gasteiger partial charge is 0.506 e. The van der Waals surface area contributed by atoms with Gasteiger partial charge in [0.15, 0.2) is 0 Å². The smallest absolute Gasteiger partial charge is 0.255 e. The average molecular weight is 364 g/mol. The summed E-state index contributed by atoms with van der Waals surface area (Å²) in [5, 5.41) is 10.9. The minimum atomic E-state index is -0.178. The lowest BCUT2D eigenvalue weighted by molar-refractivity contribution is 0.238. The summed E-state index contributed by atoms with van der Waals surface area (Å²) in [6.07, 6.45) is 0.751. The third-order valence-corrected chi connectivity index (χ3v) is 5.00. The van der Waals surface area contributed by atoms with Crippen LogP contribution in [0.4, 0.5) is 0 Å². The second kappa shape index (κ2) is 6.46. The molecule has 2 N–H and O–H groups in total. The predicted molar refractivity (Wildman–Crippen MR) is 105 cm³/mol. The number of hydrogen-bond acceptors (Lipinski definition) is 5. The van der Waals surface area contributed by atoms with E-state index < -0.39 is 0 Å². The van der Waals surface area contributed by atoms with E-state index in [9.17, 15) is 9.90 Å². The quantitative estimate of drug-likeness (QED) is 0.731. The maximum absolute atomic E-state index is 12.6. The number of para-hydroxylation sites is 1. The van der Waals surface area contributed by atoms with Crippen LogP contribution in [0, 0.1) is 0 Å². The number of rotatable bonds is 2. The topological polar surface area (TPSA) is 82.1 Å². The molecule has 27 heavy (non-hydrogen) atoms. The van der Waals surface area contributed by atoms with Crippen LogP contribution in [0.25, 0.3) is 10.9 Å². The zero-order valence-electron chi connectivity index (χ0n) is 15.9. The van der Waals surface area contributed by atoms with E-state index in [1.165, 1.54) is 0 Å². The van der Waals surface area contributed by atoms with E-state index >= 15 is 0 Å². The van der Waals surface area contributed by atoms with Gasteiger partial charge in [0.2, 0.25) is 0 Å². The first-order chi connectivity index (χ1) is 12.8. The lowest BCUT2D eigenvalue weighted by atomic mass is 9.95. The molecule has 3 aromatic rings. The Morgan fingerprint density at radius 3 is 2.78 bits per heavy atom. The first-order valence-electron chi connectivity index (χ1n) is 9.24. The summed E-state index contributed by atoms with van der Waals surface area (Å²) in [5.41, 5.74) is 2.92. The highest BCUT2D eigenvalue weighted by Gasteiger charge is 2.25. The number of benzene rings is 1. The molecule has 0 bridgehead atoms. The second-order valence-electron chi connectivity index (χ2n) is 8.20. The molecule has 1 aliphatic heterocycles. The standard InChI is InChI=1S/C21H24N4O2/c1-21(2,3)20-23-16-9-10-25(12-15(16)19(27)24-20)11-14-8-7-13-5-4-6-17(26)18(13)22-14/h4-8,26H,9-12H2,1-3H3,(H,23,24,27). The number of phenolic OH excluding ortho intramolecular Hbond substituents is 1. The van der Waals surface area contributed by atoms with E-state index in [1.807, 2.05) is 45.0 Å². The van der Waals surface area contributed by atoms with Gasteiger partial charge in [-0.2, -0.15) is 0 Å². The van der Waals surface area contributed by atoms with E-state index in [0.29, 0.717) is 18.6 Å². The summed E-state index contributed by atoms with van der Waals surface area (Å²) in [5.74, 6) is 0.931. The molecule has 0 saturated heterocycles. The molecule has 140 valence electrons. The maximum Gasteiger partial charge on any atom is 0.255 e. The van der Waals surface area contributed by atoms with Gasteiger partial charge in [-0.05, 0) is 12.1 Å². The molecule has 6 heteroatoms. The summed E-state index contributed by atoms with van der Waals surface area (Å²) in [6.45, 7) is 8.16. The number of fused-ring (bicyclic) bond motifs is 2. The molecule has 0 unspecified atom stereocenters. The number of phenols is 1. The highest BCUT2D eigenvalue weighted by Crippen LogP contribution is 2.24. The van der Waals surface area contributed by atoms with Gasteiger partial charge >= 0.3 is 0 Å². The van der Waals surface area contributed by atoms with Gasteiger partial charge in [0.25, 0.3) is 5.56 Å². The third kappa shape index (κ3) is 3.45. The van der Waals surface area contributed by atoms with Crippen molar-refractivity contribution in [3.63, 3.8) is 0 Å². The van der Waals surface area contributed by atoms with Crippen molar-refractivity contribution >= 4 is 10.9 Å². The number of nitrogens with one attached hydrogen (secondary N) is 1. The molecule has 0 saturated carbocycles. The molecule has 0 fully saturated rings. The Bertz CT molecular complexity index is 1070. The molecule has 0 radical (unpaired) electrons. The zero-order valence-corrected chi connectivity index (χ0v) is 15.9. The van der Waals surface area contributed by atoms with Crippen LogP contribution < -0.4 is 5.56 Å². The van der Waals surface area contributed by atoms with Gasteiger partial charge < -0.3 is 10.1 Å². The van der Waals surface area contributed by atoms with Crippen molar-refractivity contribution in [3.8, 4) is 5.75 Å². The van der Waals surface area contributed by atoms with Crippen molar-refractivity contribution in [2.75, 3.05) is 6.54 Å². The van der Waals surface area contributed by atoms with Gasteiger partial charge in [-0.1, -0.05) is 39.0 Å². The van der Waals surface area contributed by atoms with Crippen LogP contribution in [0.1, 0.15) is 43.5 Å². The van der Waals surface area contributed by atoms with E-state index in [0.717, 1.165) is 41.1 Å². The minimum absolute atomic E-state index is 0.0428. The Labute approximate surface area is 157 Å². The Kier molecular flexibility index (Phi) is 4.23. The zero-order chi connectivity index (χ0) is 19.2. The van der Waals surface area contributed by atoms with Crippen LogP contribution >= 0.6 is 0 Å². The van der Waals surface area contributed by atoms with E-state index in [4.69, 9.17) is 4.98 Å². The maximum atomic E-state index is 12.6. The molecule has 2 aromatic heterocycles. The van der Waals surface area contributed by atoms with Crippen molar-refractivity contribution in [3.05, 3.63) is 63.5 Å². The molecule has 4 rings (SSSR count). The van der Waals surface area contributed by atoms with Crippen molar-refractivity contribution in [2.24, 2.45) is 0 Å². The van der Waals surface area contributed by atoms with Gasteiger partial charge in [0.1, 0.15) is 17.1 Å². The predicted octanol–water partition coefficient (Wildman–Crippen LogP) is 2.88. The summed E-state index contributed by atoms with van der Waals surface area (Å²) in [7, 11) is 0. The molecular weight excluding hydrogens is 340 g/mol. The van der Waals surface area contributed by atoms with Crippen molar-refractivity contribution in [1.29, 1.82) is 0 Å². The SMILES string of the molecule is CC(C)(C)c1nc2c(c(=O)[nH]1)CN(Cc1ccc3cccc(O)c3n1)CC2. The fourth-order valence-corrected chi connectivity index (χ4v) is 3.46. The van der Waals surface area contributed by atoms with Gasteiger partial charge in [-0.15, -0.1) is 0 Å². The molecule has 1 aliphatic rings. The number of nitrogens with zero attached hydrogens (tertiary/aromatic N) is 3. The lowest BCUT2D eigenvalue weighted by Crippen LogP contribution is -2.37. The second-order valence-corrected chi connectivity index (χ2v) is 8.20. The first-order valence-corrected chi connectivity index (χ1v) is 9.24. The average Bonchev–Trinajstić information content (AvgIpc) is 2.62. The normalized spacial score (nSPS) is 15.1.